The Kier molecular flexibility index (Phi) is 6.03. The number of nitrogens with one attached hydrogen (secondary N) is 2. The number of hydrogen-bond donors (Lipinski definition) is 2. The summed E-state index contributed by atoms with van der Waals surface area (Å²) in [7, 11) is -3.37. The Morgan fingerprint density at radius 3 is 2.34 bits per heavy atom. The molecule has 0 radical (unpaired) electrons. The average Bonchev–Trinajstić information content (AvgIpc) is 2.88. The molecule has 0 aromatic heterocycles. The van der Waals surface area contributed by atoms with Gasteiger partial charge in [-0.3, -0.25) is 0 Å². The van der Waals surface area contributed by atoms with Gasteiger partial charge in [0.05, 0.1) is 4.75 Å². The van der Waals surface area contributed by atoms with Gasteiger partial charge in [-0.15, -0.1) is 0 Å². The van der Waals surface area contributed by atoms with Crippen molar-refractivity contribution in [1.29, 1.82) is 0 Å². The van der Waals surface area contributed by atoms with Crippen molar-refractivity contribution in [3.63, 3.8) is 0 Å². The van der Waals surface area contributed by atoms with Crippen LogP contribution in [0.5, 0.6) is 0 Å². The highest BCUT2D eigenvalue weighted by Gasteiger charge is 2.33. The van der Waals surface area contributed by atoms with E-state index in [9.17, 15) is 13.2 Å². The van der Waals surface area contributed by atoms with Crippen LogP contribution in [0.3, 0.4) is 0 Å². The maximum atomic E-state index is 12.7. The molecule has 2 N–H and O–H groups in total. The first-order valence-corrected chi connectivity index (χ1v) is 12.1. The number of likely N-dealkylation sites (tertiary alicyclic amines) is 1. The molecule has 2 aliphatic rings. The molecule has 0 saturated carbocycles. The van der Waals surface area contributed by atoms with Crippen molar-refractivity contribution in [2.45, 2.75) is 77.5 Å². The fraction of sp³-hybridized carbons (Fsp3) is 0.682. The molecule has 2 unspecified atom stereocenters. The molecule has 7 heteroatoms. The number of benzene rings is 1. The van der Waals surface area contributed by atoms with Crippen LogP contribution in [-0.2, 0) is 16.4 Å². The van der Waals surface area contributed by atoms with E-state index in [0.717, 1.165) is 12.1 Å². The summed E-state index contributed by atoms with van der Waals surface area (Å²) in [5.41, 5.74) is 4.87. The van der Waals surface area contributed by atoms with Gasteiger partial charge in [0.1, 0.15) is 0 Å². The number of carbonyl (C=O) groups is 1. The summed E-state index contributed by atoms with van der Waals surface area (Å²) in [6.45, 7) is 12.8. The first-order valence-electron chi connectivity index (χ1n) is 10.6. The fourth-order valence-corrected chi connectivity index (χ4v) is 5.40. The highest BCUT2D eigenvalue weighted by atomic mass is 32.2. The van der Waals surface area contributed by atoms with Crippen molar-refractivity contribution in [1.82, 2.24) is 9.62 Å². The van der Waals surface area contributed by atoms with Crippen LogP contribution in [0.2, 0.25) is 0 Å². The van der Waals surface area contributed by atoms with Crippen molar-refractivity contribution in [2.24, 2.45) is 5.92 Å². The third kappa shape index (κ3) is 4.61. The van der Waals surface area contributed by atoms with E-state index in [0.29, 0.717) is 37.8 Å². The molecule has 1 aliphatic heterocycles. The molecule has 29 heavy (non-hydrogen) atoms. The maximum absolute atomic E-state index is 12.7. The number of hydrogen-bond acceptors (Lipinski definition) is 3. The predicted octanol–water partition coefficient (Wildman–Crippen LogP) is 4.00. The van der Waals surface area contributed by atoms with Gasteiger partial charge in [-0.2, -0.15) is 0 Å². The average molecular weight is 422 g/mol. The number of aryl methyl sites for hydroxylation is 1. The van der Waals surface area contributed by atoms with E-state index < -0.39 is 14.8 Å². The summed E-state index contributed by atoms with van der Waals surface area (Å²) in [5.74, 6) is 1.19. The maximum Gasteiger partial charge on any atom is 0.321 e. The molecular formula is C22H35N3O3S. The second-order valence-corrected chi connectivity index (χ2v) is 12.2. The lowest BCUT2D eigenvalue weighted by atomic mass is 9.93. The summed E-state index contributed by atoms with van der Waals surface area (Å²) in [6.07, 6.45) is 2.31. The largest absolute Gasteiger partial charge is 0.324 e. The third-order valence-corrected chi connectivity index (χ3v) is 8.74. The van der Waals surface area contributed by atoms with E-state index in [2.05, 4.69) is 42.9 Å². The number of nitrogens with zero attached hydrogens (tertiary/aromatic N) is 1. The summed E-state index contributed by atoms with van der Waals surface area (Å²) in [5, 5.41) is 3.05. The Morgan fingerprint density at radius 2 is 1.76 bits per heavy atom. The lowest BCUT2D eigenvalue weighted by molar-refractivity contribution is 0.193. The quantitative estimate of drug-likeness (QED) is 0.774. The van der Waals surface area contributed by atoms with Crippen LogP contribution >= 0.6 is 0 Å². The number of piperidine rings is 1. The number of rotatable bonds is 3. The van der Waals surface area contributed by atoms with E-state index in [1.165, 1.54) is 16.7 Å². The second-order valence-electron chi connectivity index (χ2n) is 9.76. The predicted molar refractivity (Wildman–Crippen MR) is 118 cm³/mol. The van der Waals surface area contributed by atoms with Gasteiger partial charge in [-0.1, -0.05) is 13.8 Å². The minimum Gasteiger partial charge on any atom is -0.324 e. The first-order chi connectivity index (χ1) is 13.4. The van der Waals surface area contributed by atoms with Crippen molar-refractivity contribution < 1.29 is 13.2 Å². The molecule has 2 atom stereocenters. The van der Waals surface area contributed by atoms with Gasteiger partial charge in [0.2, 0.25) is 10.0 Å². The Morgan fingerprint density at radius 1 is 1.14 bits per heavy atom. The number of fused-ring (bicyclic) bond motifs is 1. The number of amides is 2. The van der Waals surface area contributed by atoms with E-state index in [1.807, 2.05) is 0 Å². The highest BCUT2D eigenvalue weighted by molar-refractivity contribution is 7.90. The zero-order chi connectivity index (χ0) is 21.6. The van der Waals surface area contributed by atoms with E-state index >= 15 is 0 Å². The molecule has 1 heterocycles. The Balaban J connectivity index is 1.59. The standard InChI is InChI=1S/C22H35N3O3S/c1-14-11-17-13-19(12-15(2)20(17)16(14)3)23-21(26)25-9-7-18(8-10-25)24-29(27,28)22(4,5)6/h12-14,16,18,24H,7-11H2,1-6H3,(H,23,26). The molecule has 3 rings (SSSR count). The van der Waals surface area contributed by atoms with Gasteiger partial charge >= 0.3 is 6.03 Å². The van der Waals surface area contributed by atoms with Crippen LogP contribution in [0.25, 0.3) is 0 Å². The van der Waals surface area contributed by atoms with E-state index in [-0.39, 0.29) is 12.1 Å². The second kappa shape index (κ2) is 7.91. The van der Waals surface area contributed by atoms with Crippen LogP contribution in [0.4, 0.5) is 10.5 Å². The minimum atomic E-state index is -3.37. The van der Waals surface area contributed by atoms with Gasteiger partial charge < -0.3 is 10.2 Å². The number of carbonyl (C=O) groups excluding carboxylic acids is 1. The fourth-order valence-electron chi connectivity index (χ4n) is 4.37. The third-order valence-electron chi connectivity index (χ3n) is 6.48. The molecule has 1 saturated heterocycles. The van der Waals surface area contributed by atoms with Crippen LogP contribution in [-0.4, -0.2) is 43.2 Å². The van der Waals surface area contributed by atoms with Crippen molar-refractivity contribution in [3.8, 4) is 0 Å². The van der Waals surface area contributed by atoms with Crippen LogP contribution in [0.1, 0.15) is 70.1 Å². The smallest absolute Gasteiger partial charge is 0.321 e. The zero-order valence-electron chi connectivity index (χ0n) is 18.5. The topological polar surface area (TPSA) is 78.5 Å². The number of urea groups is 1. The molecule has 162 valence electrons. The molecule has 1 fully saturated rings. The van der Waals surface area contributed by atoms with Crippen LogP contribution in [0.15, 0.2) is 12.1 Å². The Hall–Kier alpha value is -1.60. The number of sulfonamides is 1. The molecule has 0 spiro atoms. The van der Waals surface area contributed by atoms with Gasteiger partial charge in [0.15, 0.2) is 0 Å². The normalized spacial score (nSPS) is 23.2. The SMILES string of the molecule is Cc1cc(NC(=O)N2CCC(NS(=O)(=O)C(C)(C)C)CC2)cc2c1C(C)C(C)C2. The van der Waals surface area contributed by atoms with E-state index in [1.54, 1.807) is 25.7 Å². The summed E-state index contributed by atoms with van der Waals surface area (Å²) in [4.78, 5) is 14.5. The van der Waals surface area contributed by atoms with Gasteiger partial charge in [-0.05, 0) is 87.6 Å². The minimum absolute atomic E-state index is 0.111. The van der Waals surface area contributed by atoms with Crippen molar-refractivity contribution in [2.75, 3.05) is 18.4 Å². The van der Waals surface area contributed by atoms with Gasteiger partial charge in [0.25, 0.3) is 0 Å². The van der Waals surface area contributed by atoms with Crippen LogP contribution < -0.4 is 10.0 Å². The van der Waals surface area contributed by atoms with Gasteiger partial charge in [0, 0.05) is 24.8 Å². The van der Waals surface area contributed by atoms with Crippen molar-refractivity contribution >= 4 is 21.7 Å². The molecule has 2 amide bonds. The van der Waals surface area contributed by atoms with Crippen molar-refractivity contribution in [3.05, 3.63) is 28.8 Å². The lowest BCUT2D eigenvalue weighted by Gasteiger charge is -2.33. The molecule has 1 aromatic rings. The lowest BCUT2D eigenvalue weighted by Crippen LogP contribution is -2.50. The van der Waals surface area contributed by atoms with Gasteiger partial charge in [-0.25, -0.2) is 17.9 Å². The number of anilines is 1. The summed E-state index contributed by atoms with van der Waals surface area (Å²) >= 11 is 0. The summed E-state index contributed by atoms with van der Waals surface area (Å²) < 4.78 is 26.7. The first kappa shape index (κ1) is 22.1. The Bertz CT molecular complexity index is 881. The molecule has 1 aromatic carbocycles. The zero-order valence-corrected chi connectivity index (χ0v) is 19.3. The van der Waals surface area contributed by atoms with E-state index in [4.69, 9.17) is 0 Å². The summed E-state index contributed by atoms with van der Waals surface area (Å²) in [6, 6.07) is 3.95. The molecule has 6 nitrogen and oxygen atoms in total. The monoisotopic (exact) mass is 421 g/mol. The molecule has 1 aliphatic carbocycles. The molecule has 0 bridgehead atoms. The van der Waals surface area contributed by atoms with Crippen LogP contribution in [0, 0.1) is 12.8 Å². The highest BCUT2D eigenvalue weighted by Crippen LogP contribution is 2.40. The molecular weight excluding hydrogens is 386 g/mol. The Labute approximate surface area is 175 Å².